The largest absolute Gasteiger partial charge is 0.319 e. The van der Waals surface area contributed by atoms with Gasteiger partial charge in [0.1, 0.15) is 0 Å². The van der Waals surface area contributed by atoms with Gasteiger partial charge in [-0.25, -0.2) is 0 Å². The third-order valence-electron chi connectivity index (χ3n) is 2.89. The molecule has 0 radical (unpaired) electrons. The average molecular weight is 351 g/mol. The predicted octanol–water partition coefficient (Wildman–Crippen LogP) is 4.23. The summed E-state index contributed by atoms with van der Waals surface area (Å²) in [6.45, 7) is 0. The van der Waals surface area contributed by atoms with Crippen LogP contribution in [0.25, 0.3) is 10.9 Å². The van der Waals surface area contributed by atoms with Crippen molar-refractivity contribution >= 4 is 50.0 Å². The molecule has 0 aliphatic heterocycles. The summed E-state index contributed by atoms with van der Waals surface area (Å²) in [5, 5.41) is 11.0. The maximum Gasteiger partial charge on any atom is 0.276 e. The summed E-state index contributed by atoms with van der Waals surface area (Å²) < 4.78 is 0.648. The molecule has 0 saturated heterocycles. The van der Waals surface area contributed by atoms with E-state index in [-0.39, 0.29) is 5.91 Å². The second-order valence-electron chi connectivity index (χ2n) is 4.17. The van der Waals surface area contributed by atoms with Crippen LogP contribution in [0.2, 0.25) is 5.02 Å². The highest BCUT2D eigenvalue weighted by Gasteiger charge is 2.15. The summed E-state index contributed by atoms with van der Waals surface area (Å²) in [5.41, 5.74) is 1.78. The van der Waals surface area contributed by atoms with Crippen molar-refractivity contribution in [1.82, 2.24) is 10.2 Å². The monoisotopic (exact) mass is 349 g/mol. The second kappa shape index (κ2) is 5.26. The summed E-state index contributed by atoms with van der Waals surface area (Å²) >= 11 is 9.34. The Morgan fingerprint density at radius 2 is 2.00 bits per heavy atom. The highest BCUT2D eigenvalue weighted by Crippen LogP contribution is 2.30. The molecule has 2 aromatic carbocycles. The molecular weight excluding hydrogens is 342 g/mol. The highest BCUT2D eigenvalue weighted by atomic mass is 79.9. The van der Waals surface area contributed by atoms with E-state index in [0.717, 1.165) is 10.9 Å². The van der Waals surface area contributed by atoms with Gasteiger partial charge in [0.15, 0.2) is 5.69 Å². The van der Waals surface area contributed by atoms with Gasteiger partial charge in [-0.1, -0.05) is 35.9 Å². The van der Waals surface area contributed by atoms with Crippen LogP contribution < -0.4 is 5.32 Å². The average Bonchev–Trinajstić information content (AvgIpc) is 2.88. The van der Waals surface area contributed by atoms with Gasteiger partial charge >= 0.3 is 0 Å². The summed E-state index contributed by atoms with van der Waals surface area (Å²) in [7, 11) is 0. The van der Waals surface area contributed by atoms with E-state index in [1.807, 2.05) is 24.3 Å². The normalized spacial score (nSPS) is 10.7. The van der Waals surface area contributed by atoms with Crippen LogP contribution in [0.5, 0.6) is 0 Å². The van der Waals surface area contributed by atoms with E-state index in [4.69, 9.17) is 11.6 Å². The molecule has 3 aromatic rings. The summed E-state index contributed by atoms with van der Waals surface area (Å²) in [4.78, 5) is 12.3. The van der Waals surface area contributed by atoms with Crippen molar-refractivity contribution in [3.63, 3.8) is 0 Å². The number of para-hydroxylation sites is 1. The molecule has 20 heavy (non-hydrogen) atoms. The van der Waals surface area contributed by atoms with E-state index in [0.29, 0.717) is 20.9 Å². The zero-order valence-electron chi connectivity index (χ0n) is 10.2. The molecule has 0 atom stereocenters. The quantitative estimate of drug-likeness (QED) is 0.726. The minimum atomic E-state index is -0.287. The number of halogens is 2. The zero-order chi connectivity index (χ0) is 14.1. The Kier molecular flexibility index (Phi) is 3.46. The lowest BCUT2D eigenvalue weighted by Crippen LogP contribution is -2.13. The maximum atomic E-state index is 12.3. The molecule has 0 aliphatic rings. The van der Waals surface area contributed by atoms with Gasteiger partial charge < -0.3 is 5.32 Å². The lowest BCUT2D eigenvalue weighted by Gasteiger charge is -2.07. The molecule has 2 N–H and O–H groups in total. The number of aromatic amines is 1. The third-order valence-corrected chi connectivity index (χ3v) is 4.28. The molecule has 4 nitrogen and oxygen atoms in total. The Balaban J connectivity index is 1.95. The lowest BCUT2D eigenvalue weighted by atomic mass is 10.2. The van der Waals surface area contributed by atoms with E-state index in [2.05, 4.69) is 31.4 Å². The minimum Gasteiger partial charge on any atom is -0.319 e. The van der Waals surface area contributed by atoms with Gasteiger partial charge in [0.05, 0.1) is 20.7 Å². The first-order valence-electron chi connectivity index (χ1n) is 5.85. The molecule has 0 unspecified atom stereocenters. The molecule has 1 heterocycles. The van der Waals surface area contributed by atoms with Gasteiger partial charge in [-0.3, -0.25) is 9.89 Å². The fraction of sp³-hybridized carbons (Fsp3) is 0. The topological polar surface area (TPSA) is 57.8 Å². The minimum absolute atomic E-state index is 0.287. The molecular formula is C14H9BrClN3O. The van der Waals surface area contributed by atoms with E-state index in [1.54, 1.807) is 18.2 Å². The fourth-order valence-corrected chi connectivity index (χ4v) is 2.46. The molecule has 0 aliphatic carbocycles. The van der Waals surface area contributed by atoms with Gasteiger partial charge in [-0.15, -0.1) is 0 Å². The van der Waals surface area contributed by atoms with Crippen molar-refractivity contribution in [3.8, 4) is 0 Å². The van der Waals surface area contributed by atoms with Crippen LogP contribution >= 0.6 is 27.5 Å². The first-order chi connectivity index (χ1) is 9.66. The second-order valence-corrected chi connectivity index (χ2v) is 5.37. The summed E-state index contributed by atoms with van der Waals surface area (Å²) in [6.07, 6.45) is 0. The van der Waals surface area contributed by atoms with Crippen LogP contribution in [0.3, 0.4) is 0 Å². The van der Waals surface area contributed by atoms with Gasteiger partial charge in [0, 0.05) is 5.39 Å². The van der Waals surface area contributed by atoms with Crippen LogP contribution in [-0.2, 0) is 0 Å². The van der Waals surface area contributed by atoms with Crippen molar-refractivity contribution < 1.29 is 4.79 Å². The summed E-state index contributed by atoms with van der Waals surface area (Å²) in [6, 6.07) is 12.7. The maximum absolute atomic E-state index is 12.3. The molecule has 1 amide bonds. The van der Waals surface area contributed by atoms with E-state index in [1.165, 1.54) is 0 Å². The van der Waals surface area contributed by atoms with E-state index < -0.39 is 0 Å². The molecule has 0 bridgehead atoms. The van der Waals surface area contributed by atoms with Gasteiger partial charge in [0.25, 0.3) is 5.91 Å². The first-order valence-corrected chi connectivity index (χ1v) is 7.02. The van der Waals surface area contributed by atoms with Crippen LogP contribution in [0, 0.1) is 0 Å². The van der Waals surface area contributed by atoms with E-state index >= 15 is 0 Å². The molecule has 3 rings (SSSR count). The van der Waals surface area contributed by atoms with Crippen molar-refractivity contribution in [2.75, 3.05) is 5.32 Å². The van der Waals surface area contributed by atoms with Crippen molar-refractivity contribution in [2.24, 2.45) is 0 Å². The number of fused-ring (bicyclic) bond motifs is 1. The smallest absolute Gasteiger partial charge is 0.276 e. The Bertz CT molecular complexity index is 800. The SMILES string of the molecule is O=C(Nc1cccc(Cl)c1Br)c1n[nH]c2ccccc12. The number of rotatable bonds is 2. The Labute approximate surface area is 128 Å². The molecule has 0 fully saturated rings. The fourth-order valence-electron chi connectivity index (χ4n) is 1.92. The van der Waals surface area contributed by atoms with Crippen LogP contribution in [0.1, 0.15) is 10.5 Å². The van der Waals surface area contributed by atoms with Crippen LogP contribution in [0.4, 0.5) is 5.69 Å². The standard InChI is InChI=1S/C14H9BrClN3O/c15-12-9(16)5-3-7-11(12)17-14(20)13-8-4-1-2-6-10(8)18-19-13/h1-7H,(H,17,20)(H,18,19). The molecule has 6 heteroatoms. The van der Waals surface area contributed by atoms with E-state index in [9.17, 15) is 4.79 Å². The van der Waals surface area contributed by atoms with Crippen LogP contribution in [-0.4, -0.2) is 16.1 Å². The highest BCUT2D eigenvalue weighted by molar-refractivity contribution is 9.10. The van der Waals surface area contributed by atoms with Gasteiger partial charge in [-0.2, -0.15) is 5.10 Å². The van der Waals surface area contributed by atoms with Crippen molar-refractivity contribution in [3.05, 3.63) is 57.7 Å². The number of carbonyl (C=O) groups excluding carboxylic acids is 1. The number of anilines is 1. The number of hydrogen-bond acceptors (Lipinski definition) is 2. The Morgan fingerprint density at radius 1 is 1.20 bits per heavy atom. The van der Waals surface area contributed by atoms with Gasteiger partial charge in [-0.05, 0) is 34.1 Å². The van der Waals surface area contributed by atoms with Crippen LogP contribution in [0.15, 0.2) is 46.9 Å². The van der Waals surface area contributed by atoms with Gasteiger partial charge in [0.2, 0.25) is 0 Å². The number of nitrogens with one attached hydrogen (secondary N) is 2. The number of nitrogens with zero attached hydrogens (tertiary/aromatic N) is 1. The number of hydrogen-bond donors (Lipinski definition) is 2. The third kappa shape index (κ3) is 2.30. The zero-order valence-corrected chi connectivity index (χ0v) is 12.5. The molecule has 100 valence electrons. The molecule has 0 saturated carbocycles. The number of benzene rings is 2. The number of amides is 1. The van der Waals surface area contributed by atoms with Crippen molar-refractivity contribution in [2.45, 2.75) is 0 Å². The first kappa shape index (κ1) is 13.1. The predicted molar refractivity (Wildman–Crippen MR) is 83.2 cm³/mol. The Hall–Kier alpha value is -1.85. The summed E-state index contributed by atoms with van der Waals surface area (Å²) in [5.74, 6) is -0.287. The number of carbonyl (C=O) groups is 1. The Morgan fingerprint density at radius 3 is 2.85 bits per heavy atom. The van der Waals surface area contributed by atoms with Crippen molar-refractivity contribution in [1.29, 1.82) is 0 Å². The lowest BCUT2D eigenvalue weighted by molar-refractivity contribution is 0.102. The number of aromatic nitrogens is 2. The molecule has 0 spiro atoms. The number of H-pyrrole nitrogens is 1. The molecule has 1 aromatic heterocycles.